The van der Waals surface area contributed by atoms with Gasteiger partial charge in [-0.05, 0) is 35.6 Å². The minimum Gasteiger partial charge on any atom is -0.361 e. The lowest BCUT2D eigenvalue weighted by atomic mass is 9.76. The van der Waals surface area contributed by atoms with Crippen LogP contribution in [-0.4, -0.2) is 11.0 Å². The van der Waals surface area contributed by atoms with Crippen LogP contribution in [0.25, 0.3) is 10.9 Å². The molecule has 3 N–H and O–H groups in total. The van der Waals surface area contributed by atoms with Crippen molar-refractivity contribution >= 4 is 10.9 Å². The van der Waals surface area contributed by atoms with Crippen LogP contribution in [0.4, 0.5) is 0 Å². The van der Waals surface area contributed by atoms with Crippen molar-refractivity contribution in [1.82, 2.24) is 4.98 Å². The zero-order valence-corrected chi connectivity index (χ0v) is 11.3. The van der Waals surface area contributed by atoms with Crippen molar-refractivity contribution in [1.29, 1.82) is 0 Å². The molecule has 0 amide bonds. The summed E-state index contributed by atoms with van der Waals surface area (Å²) in [6, 6.07) is 17.4. The summed E-state index contributed by atoms with van der Waals surface area (Å²) in [6.07, 6.45) is 4.29. The summed E-state index contributed by atoms with van der Waals surface area (Å²) < 4.78 is 0. The van der Waals surface area contributed by atoms with Crippen LogP contribution in [0.2, 0.25) is 0 Å². The van der Waals surface area contributed by atoms with E-state index >= 15 is 0 Å². The number of nitrogens with one attached hydrogen (secondary N) is 1. The van der Waals surface area contributed by atoms with Gasteiger partial charge in [0.1, 0.15) is 0 Å². The lowest BCUT2D eigenvalue weighted by Crippen LogP contribution is -2.33. The van der Waals surface area contributed by atoms with Gasteiger partial charge in [0.05, 0.1) is 0 Å². The minimum atomic E-state index is 0.198. The minimum absolute atomic E-state index is 0.198. The van der Waals surface area contributed by atoms with Crippen LogP contribution in [0.1, 0.15) is 29.0 Å². The Morgan fingerprint density at radius 2 is 1.75 bits per heavy atom. The zero-order chi connectivity index (χ0) is 13.5. The molecule has 100 valence electrons. The number of hydrogen-bond donors (Lipinski definition) is 2. The molecule has 20 heavy (non-hydrogen) atoms. The fourth-order valence-electron chi connectivity index (χ4n) is 3.53. The van der Waals surface area contributed by atoms with Gasteiger partial charge in [0.25, 0.3) is 0 Å². The summed E-state index contributed by atoms with van der Waals surface area (Å²) in [6.45, 7) is 0. The van der Waals surface area contributed by atoms with E-state index < -0.39 is 0 Å². The van der Waals surface area contributed by atoms with Gasteiger partial charge in [0.15, 0.2) is 0 Å². The molecule has 0 radical (unpaired) electrons. The Morgan fingerprint density at radius 3 is 2.70 bits per heavy atom. The Hall–Kier alpha value is -2.06. The number of para-hydroxylation sites is 1. The first-order chi connectivity index (χ1) is 9.84. The molecule has 0 spiro atoms. The lowest BCUT2D eigenvalue weighted by molar-refractivity contribution is 0.520. The first-order valence-electron chi connectivity index (χ1n) is 7.24. The average molecular weight is 262 g/mol. The molecule has 0 unspecified atom stereocenters. The third-order valence-corrected chi connectivity index (χ3v) is 4.52. The molecule has 1 aromatic heterocycles. The van der Waals surface area contributed by atoms with Crippen LogP contribution in [0.3, 0.4) is 0 Å². The number of aromatic amines is 1. The van der Waals surface area contributed by atoms with E-state index in [-0.39, 0.29) is 6.04 Å². The quantitative estimate of drug-likeness (QED) is 0.691. The summed E-state index contributed by atoms with van der Waals surface area (Å²) in [7, 11) is 0. The smallest absolute Gasteiger partial charge is 0.0457 e. The largest absolute Gasteiger partial charge is 0.361 e. The summed E-state index contributed by atoms with van der Waals surface area (Å²) in [5.41, 5.74) is 11.8. The van der Waals surface area contributed by atoms with E-state index in [1.165, 1.54) is 27.6 Å². The highest BCUT2D eigenvalue weighted by atomic mass is 14.7. The van der Waals surface area contributed by atoms with Gasteiger partial charge in [-0.15, -0.1) is 0 Å². The van der Waals surface area contributed by atoms with Crippen molar-refractivity contribution in [2.45, 2.75) is 24.8 Å². The topological polar surface area (TPSA) is 41.8 Å². The predicted octanol–water partition coefficient (Wildman–Crippen LogP) is 3.57. The fourth-order valence-corrected chi connectivity index (χ4v) is 3.53. The van der Waals surface area contributed by atoms with Crippen LogP contribution in [0.5, 0.6) is 0 Å². The molecule has 2 atom stereocenters. The fraction of sp³-hybridized carbons (Fsp3) is 0.222. The molecule has 0 bridgehead atoms. The first kappa shape index (κ1) is 11.7. The molecule has 0 aliphatic heterocycles. The maximum absolute atomic E-state index is 6.46. The number of rotatable bonds is 1. The number of aryl methyl sites for hydroxylation is 1. The van der Waals surface area contributed by atoms with Gasteiger partial charge >= 0.3 is 0 Å². The van der Waals surface area contributed by atoms with Crippen molar-refractivity contribution in [2.75, 3.05) is 0 Å². The van der Waals surface area contributed by atoms with Gasteiger partial charge < -0.3 is 10.7 Å². The highest BCUT2D eigenvalue weighted by Gasteiger charge is 2.29. The zero-order valence-electron chi connectivity index (χ0n) is 11.3. The molecule has 0 saturated carbocycles. The van der Waals surface area contributed by atoms with Crippen LogP contribution >= 0.6 is 0 Å². The average Bonchev–Trinajstić information content (AvgIpc) is 2.91. The molecule has 1 heterocycles. The highest BCUT2D eigenvalue weighted by molar-refractivity contribution is 5.84. The Bertz CT molecular complexity index is 757. The standard InChI is InChI=1S/C18H18N2/c19-16-10-9-12-5-1-2-6-13(12)18(16)15-11-20-17-8-4-3-7-14(15)17/h1-8,11,16,18,20H,9-10,19H2/t16-,18+/m0/s1. The Morgan fingerprint density at radius 1 is 0.950 bits per heavy atom. The van der Waals surface area contributed by atoms with Crippen LogP contribution in [0, 0.1) is 0 Å². The van der Waals surface area contributed by atoms with E-state index in [9.17, 15) is 0 Å². The van der Waals surface area contributed by atoms with Gasteiger partial charge in [-0.2, -0.15) is 0 Å². The second kappa shape index (κ2) is 4.50. The van der Waals surface area contributed by atoms with E-state index in [2.05, 4.69) is 59.7 Å². The number of fused-ring (bicyclic) bond motifs is 2. The van der Waals surface area contributed by atoms with Crippen molar-refractivity contribution in [2.24, 2.45) is 5.73 Å². The molecule has 0 saturated heterocycles. The lowest BCUT2D eigenvalue weighted by Gasteiger charge is -2.31. The molecule has 1 aliphatic rings. The second-order valence-corrected chi connectivity index (χ2v) is 5.67. The number of nitrogens with two attached hydrogens (primary N) is 1. The SMILES string of the molecule is N[C@H]1CCc2ccccc2[C@@H]1c1c[nH]c2ccccc12. The van der Waals surface area contributed by atoms with Crippen molar-refractivity contribution in [3.63, 3.8) is 0 Å². The number of H-pyrrole nitrogens is 1. The van der Waals surface area contributed by atoms with E-state index in [0.717, 1.165) is 12.8 Å². The van der Waals surface area contributed by atoms with Crippen LogP contribution in [-0.2, 0) is 6.42 Å². The molecule has 1 aliphatic carbocycles. The first-order valence-corrected chi connectivity index (χ1v) is 7.24. The Balaban J connectivity index is 1.93. The second-order valence-electron chi connectivity index (χ2n) is 5.67. The van der Waals surface area contributed by atoms with Crippen molar-refractivity contribution < 1.29 is 0 Å². The van der Waals surface area contributed by atoms with Gasteiger partial charge in [0.2, 0.25) is 0 Å². The normalized spacial score (nSPS) is 21.9. The molecule has 4 rings (SSSR count). The molecule has 2 aromatic carbocycles. The van der Waals surface area contributed by atoms with Gasteiger partial charge in [-0.1, -0.05) is 42.5 Å². The summed E-state index contributed by atoms with van der Waals surface area (Å²) in [5.74, 6) is 0.302. The monoisotopic (exact) mass is 262 g/mol. The molecule has 0 fully saturated rings. The molecule has 2 nitrogen and oxygen atoms in total. The van der Waals surface area contributed by atoms with Gasteiger partial charge in [-0.25, -0.2) is 0 Å². The van der Waals surface area contributed by atoms with Crippen molar-refractivity contribution in [3.8, 4) is 0 Å². The molecular weight excluding hydrogens is 244 g/mol. The third kappa shape index (κ3) is 1.69. The summed E-state index contributed by atoms with van der Waals surface area (Å²) in [5, 5.41) is 1.30. The van der Waals surface area contributed by atoms with Gasteiger partial charge in [-0.3, -0.25) is 0 Å². The third-order valence-electron chi connectivity index (χ3n) is 4.52. The van der Waals surface area contributed by atoms with Crippen LogP contribution in [0.15, 0.2) is 54.7 Å². The molecule has 2 heteroatoms. The maximum atomic E-state index is 6.46. The van der Waals surface area contributed by atoms with E-state index in [4.69, 9.17) is 5.73 Å². The number of hydrogen-bond acceptors (Lipinski definition) is 1. The highest BCUT2D eigenvalue weighted by Crippen LogP contribution is 2.38. The number of aromatic nitrogens is 1. The Kier molecular flexibility index (Phi) is 2.64. The molecule has 3 aromatic rings. The Labute approximate surface area is 118 Å². The van der Waals surface area contributed by atoms with Crippen LogP contribution < -0.4 is 5.73 Å². The van der Waals surface area contributed by atoms with Crippen molar-refractivity contribution in [3.05, 3.63) is 71.4 Å². The maximum Gasteiger partial charge on any atom is 0.0457 e. The summed E-state index contributed by atoms with van der Waals surface area (Å²) >= 11 is 0. The van der Waals surface area contributed by atoms with E-state index in [1.807, 2.05) is 0 Å². The van der Waals surface area contributed by atoms with Gasteiger partial charge in [0, 0.05) is 29.1 Å². The number of benzene rings is 2. The predicted molar refractivity (Wildman–Crippen MR) is 82.9 cm³/mol. The summed E-state index contributed by atoms with van der Waals surface area (Å²) in [4.78, 5) is 3.38. The van der Waals surface area contributed by atoms with E-state index in [0.29, 0.717) is 5.92 Å². The molecular formula is C18H18N2. The van der Waals surface area contributed by atoms with E-state index in [1.54, 1.807) is 0 Å².